The van der Waals surface area contributed by atoms with Gasteiger partial charge in [0, 0.05) is 24.2 Å². The summed E-state index contributed by atoms with van der Waals surface area (Å²) in [6.45, 7) is 6.12. The molecule has 0 amide bonds. The van der Waals surface area contributed by atoms with E-state index in [9.17, 15) is 8.42 Å². The van der Waals surface area contributed by atoms with Crippen molar-refractivity contribution in [3.63, 3.8) is 0 Å². The molecule has 1 aliphatic heterocycles. The zero-order valence-corrected chi connectivity index (χ0v) is 19.3. The Morgan fingerprint density at radius 2 is 1.63 bits per heavy atom. The Kier molecular flexibility index (Phi) is 4.23. The summed E-state index contributed by atoms with van der Waals surface area (Å²) in [5.41, 5.74) is 2.90. The highest BCUT2D eigenvalue weighted by atomic mass is 32.2. The maximum Gasteiger partial charge on any atom is 0.229 e. The number of nitrogens with zero attached hydrogens (tertiary/aromatic N) is 1. The van der Waals surface area contributed by atoms with Crippen LogP contribution >= 0.6 is 0 Å². The Bertz CT molecular complexity index is 908. The van der Waals surface area contributed by atoms with Gasteiger partial charge in [-0.05, 0) is 104 Å². The molecule has 1 heterocycles. The Labute approximate surface area is 181 Å². The summed E-state index contributed by atoms with van der Waals surface area (Å²) in [4.78, 5) is 2.74. The summed E-state index contributed by atoms with van der Waals surface area (Å²) in [6.07, 6.45) is 11.8. The second-order valence-corrected chi connectivity index (χ2v) is 13.6. The van der Waals surface area contributed by atoms with E-state index in [2.05, 4.69) is 28.7 Å². The van der Waals surface area contributed by atoms with E-state index in [1.807, 2.05) is 12.1 Å². The Balaban J connectivity index is 1.08. The lowest BCUT2D eigenvalue weighted by atomic mass is 9.49. The summed E-state index contributed by atoms with van der Waals surface area (Å²) < 4.78 is 25.8. The van der Waals surface area contributed by atoms with Crippen LogP contribution < -0.4 is 4.72 Å². The monoisotopic (exact) mass is 428 g/mol. The average molecular weight is 429 g/mol. The molecule has 6 aliphatic rings. The summed E-state index contributed by atoms with van der Waals surface area (Å²) in [5, 5.41) is 0. The molecule has 6 fully saturated rings. The third kappa shape index (κ3) is 3.23. The molecule has 30 heavy (non-hydrogen) atoms. The van der Waals surface area contributed by atoms with E-state index < -0.39 is 10.0 Å². The van der Waals surface area contributed by atoms with Crippen LogP contribution in [0.3, 0.4) is 0 Å². The number of sulfonamides is 1. The zero-order valence-electron chi connectivity index (χ0n) is 18.4. The minimum atomic E-state index is -3.23. The fourth-order valence-electron chi connectivity index (χ4n) is 8.70. The van der Waals surface area contributed by atoms with Crippen LogP contribution in [0.5, 0.6) is 0 Å². The lowest BCUT2D eigenvalue weighted by Gasteiger charge is -2.57. The van der Waals surface area contributed by atoms with Gasteiger partial charge in [-0.3, -0.25) is 4.72 Å². The number of rotatable bonds is 6. The van der Waals surface area contributed by atoms with E-state index in [1.165, 1.54) is 76.4 Å². The number of hydrogen-bond acceptors (Lipinski definition) is 3. The van der Waals surface area contributed by atoms with E-state index in [-0.39, 0.29) is 5.41 Å². The van der Waals surface area contributed by atoms with Gasteiger partial charge in [-0.25, -0.2) is 8.42 Å². The third-order valence-electron chi connectivity index (χ3n) is 9.74. The molecular weight excluding hydrogens is 392 g/mol. The number of piperidine rings is 1. The van der Waals surface area contributed by atoms with E-state index in [0.717, 1.165) is 29.6 Å². The quantitative estimate of drug-likeness (QED) is 0.727. The van der Waals surface area contributed by atoms with Crippen molar-refractivity contribution in [3.05, 3.63) is 29.8 Å². The topological polar surface area (TPSA) is 49.4 Å². The van der Waals surface area contributed by atoms with Gasteiger partial charge in [0.05, 0.1) is 6.26 Å². The molecule has 1 N–H and O–H groups in total. The molecule has 2 atom stereocenters. The van der Waals surface area contributed by atoms with Crippen molar-refractivity contribution in [2.24, 2.45) is 35.0 Å². The zero-order chi connectivity index (χ0) is 20.7. The van der Waals surface area contributed by atoms with Crippen LogP contribution in [0.4, 0.5) is 5.69 Å². The van der Waals surface area contributed by atoms with E-state index >= 15 is 0 Å². The van der Waals surface area contributed by atoms with E-state index in [0.29, 0.717) is 11.1 Å². The van der Waals surface area contributed by atoms with Gasteiger partial charge in [-0.1, -0.05) is 19.1 Å². The predicted molar refractivity (Wildman–Crippen MR) is 121 cm³/mol. The van der Waals surface area contributed by atoms with E-state index in [4.69, 9.17) is 0 Å². The van der Waals surface area contributed by atoms with Crippen LogP contribution in [0.1, 0.15) is 57.4 Å². The van der Waals surface area contributed by atoms with Gasteiger partial charge in [-0.15, -0.1) is 0 Å². The molecule has 7 rings (SSSR count). The fraction of sp³-hybridized carbons (Fsp3) is 0.760. The van der Waals surface area contributed by atoms with E-state index in [1.54, 1.807) is 0 Å². The van der Waals surface area contributed by atoms with Crippen molar-refractivity contribution in [1.29, 1.82) is 0 Å². The molecule has 5 heteroatoms. The van der Waals surface area contributed by atoms with Gasteiger partial charge < -0.3 is 4.90 Å². The van der Waals surface area contributed by atoms with Gasteiger partial charge >= 0.3 is 0 Å². The standard InChI is InChI=1S/C25H36N2O2S/c1-24(20-4-3-5-21(11-20)26-30(2,28)29)22-15-27(16-23(22)24)7-6-25-12-17-8-18(13-25)10-19(9-17)14-25/h3-5,11,17-19,22-23,26H,6-10,12-16H2,1-2H3. The van der Waals surface area contributed by atoms with Crippen LogP contribution in [0.2, 0.25) is 0 Å². The highest BCUT2D eigenvalue weighted by Gasteiger charge is 2.65. The molecule has 1 aromatic rings. The molecule has 4 nitrogen and oxygen atoms in total. The highest BCUT2D eigenvalue weighted by molar-refractivity contribution is 7.92. The van der Waals surface area contributed by atoms with Crippen molar-refractivity contribution in [2.45, 2.75) is 57.3 Å². The summed E-state index contributed by atoms with van der Waals surface area (Å²) in [7, 11) is -3.23. The molecule has 1 saturated heterocycles. The molecule has 164 valence electrons. The predicted octanol–water partition coefficient (Wildman–Crippen LogP) is 4.48. The maximum absolute atomic E-state index is 11.6. The minimum absolute atomic E-state index is 0.215. The first-order valence-electron chi connectivity index (χ1n) is 12.0. The van der Waals surface area contributed by atoms with Gasteiger partial charge in [-0.2, -0.15) is 0 Å². The van der Waals surface area contributed by atoms with Crippen LogP contribution in [0.15, 0.2) is 24.3 Å². The molecule has 0 spiro atoms. The third-order valence-corrected chi connectivity index (χ3v) is 10.3. The lowest BCUT2D eigenvalue weighted by Crippen LogP contribution is -2.47. The number of anilines is 1. The molecule has 1 aromatic carbocycles. The van der Waals surface area contributed by atoms with Crippen LogP contribution in [-0.2, 0) is 15.4 Å². The van der Waals surface area contributed by atoms with Crippen molar-refractivity contribution >= 4 is 15.7 Å². The summed E-state index contributed by atoms with van der Waals surface area (Å²) in [6, 6.07) is 8.08. The van der Waals surface area contributed by atoms with Crippen LogP contribution in [0, 0.1) is 35.0 Å². The molecule has 5 aliphatic carbocycles. The Morgan fingerprint density at radius 3 is 2.20 bits per heavy atom. The number of hydrogen-bond donors (Lipinski definition) is 1. The molecule has 0 radical (unpaired) electrons. The van der Waals surface area contributed by atoms with Gasteiger partial charge in [0.1, 0.15) is 0 Å². The van der Waals surface area contributed by atoms with Gasteiger partial charge in [0.15, 0.2) is 0 Å². The summed E-state index contributed by atoms with van der Waals surface area (Å²) in [5.74, 6) is 4.61. The molecule has 4 bridgehead atoms. The van der Waals surface area contributed by atoms with Gasteiger partial charge in [0.2, 0.25) is 10.0 Å². The lowest BCUT2D eigenvalue weighted by molar-refractivity contribution is -0.0607. The first kappa shape index (κ1) is 19.6. The first-order valence-corrected chi connectivity index (χ1v) is 13.9. The number of fused-ring (bicyclic) bond motifs is 1. The Morgan fingerprint density at radius 1 is 1.03 bits per heavy atom. The number of nitrogens with one attached hydrogen (secondary N) is 1. The number of benzene rings is 1. The average Bonchev–Trinajstić information content (AvgIpc) is 3.00. The molecule has 5 saturated carbocycles. The maximum atomic E-state index is 11.6. The van der Waals surface area contributed by atoms with Crippen LogP contribution in [0.25, 0.3) is 0 Å². The van der Waals surface area contributed by atoms with Crippen molar-refractivity contribution in [2.75, 3.05) is 30.6 Å². The first-order chi connectivity index (χ1) is 14.2. The molecule has 2 unspecified atom stereocenters. The fourth-order valence-corrected chi connectivity index (χ4v) is 9.25. The van der Waals surface area contributed by atoms with Crippen molar-refractivity contribution < 1.29 is 8.42 Å². The van der Waals surface area contributed by atoms with Crippen molar-refractivity contribution in [1.82, 2.24) is 4.90 Å². The highest BCUT2D eigenvalue weighted by Crippen LogP contribution is 2.64. The normalized spacial score (nSPS) is 44.3. The van der Waals surface area contributed by atoms with Gasteiger partial charge in [0.25, 0.3) is 0 Å². The molecular formula is C25H36N2O2S. The smallest absolute Gasteiger partial charge is 0.229 e. The second-order valence-electron chi connectivity index (χ2n) is 11.9. The largest absolute Gasteiger partial charge is 0.303 e. The second kappa shape index (κ2) is 6.48. The number of likely N-dealkylation sites (tertiary alicyclic amines) is 1. The molecule has 0 aromatic heterocycles. The summed E-state index contributed by atoms with van der Waals surface area (Å²) >= 11 is 0. The Hall–Kier alpha value is -1.07. The van der Waals surface area contributed by atoms with Crippen molar-refractivity contribution in [3.8, 4) is 0 Å². The SMILES string of the molecule is CC1(c2cccc(NS(C)(=O)=O)c2)C2CN(CCC34CC5CC(CC(C5)C3)C4)CC21. The minimum Gasteiger partial charge on any atom is -0.303 e. The van der Waals surface area contributed by atoms with Crippen LogP contribution in [-0.4, -0.2) is 39.2 Å².